The third kappa shape index (κ3) is 3.92. The highest BCUT2D eigenvalue weighted by atomic mass is 16.3. The van der Waals surface area contributed by atoms with Crippen molar-refractivity contribution in [3.8, 4) is 0 Å². The first-order valence-corrected chi connectivity index (χ1v) is 5.65. The van der Waals surface area contributed by atoms with Crippen molar-refractivity contribution in [3.63, 3.8) is 0 Å². The fraction of sp³-hybridized carbons (Fsp3) is 0.538. The zero-order valence-electron chi connectivity index (χ0n) is 10.2. The van der Waals surface area contributed by atoms with E-state index < -0.39 is 5.60 Å². The van der Waals surface area contributed by atoms with Crippen LogP contribution < -0.4 is 5.73 Å². The summed E-state index contributed by atoms with van der Waals surface area (Å²) in [7, 11) is 0. The topological polar surface area (TPSA) is 46.2 Å². The van der Waals surface area contributed by atoms with Gasteiger partial charge in [-0.05, 0) is 19.4 Å². The molecule has 2 heteroatoms. The van der Waals surface area contributed by atoms with Crippen LogP contribution in [0.3, 0.4) is 0 Å². The van der Waals surface area contributed by atoms with Gasteiger partial charge in [0.1, 0.15) is 0 Å². The second kappa shape index (κ2) is 6.46. The molecule has 2 nitrogen and oxygen atoms in total. The number of hydrogen-bond acceptors (Lipinski definition) is 2. The van der Waals surface area contributed by atoms with Crippen LogP contribution in [-0.2, 0) is 5.60 Å². The number of aliphatic hydroxyl groups is 1. The molecule has 0 aliphatic heterocycles. The van der Waals surface area contributed by atoms with Crippen LogP contribution in [0.4, 0.5) is 5.69 Å². The summed E-state index contributed by atoms with van der Waals surface area (Å²) in [5.74, 6) is 0. The molecule has 0 fully saturated rings. The minimum atomic E-state index is -0.792. The van der Waals surface area contributed by atoms with Gasteiger partial charge in [-0.3, -0.25) is 0 Å². The summed E-state index contributed by atoms with van der Waals surface area (Å²) in [5, 5.41) is 10.1. The number of nitrogens with two attached hydrogens (primary N) is 1. The SMILES string of the molecule is CC.CCCC(C)(O)c1ccccc1N. The van der Waals surface area contributed by atoms with Crippen LogP contribution in [0.5, 0.6) is 0 Å². The highest BCUT2D eigenvalue weighted by Gasteiger charge is 2.23. The lowest BCUT2D eigenvalue weighted by atomic mass is 9.90. The Morgan fingerprint density at radius 3 is 2.27 bits per heavy atom. The first-order valence-electron chi connectivity index (χ1n) is 5.65. The summed E-state index contributed by atoms with van der Waals surface area (Å²) in [6.45, 7) is 7.86. The lowest BCUT2D eigenvalue weighted by molar-refractivity contribution is 0.0477. The molecule has 1 rings (SSSR count). The van der Waals surface area contributed by atoms with E-state index >= 15 is 0 Å². The molecule has 0 spiro atoms. The number of para-hydroxylation sites is 1. The van der Waals surface area contributed by atoms with E-state index in [-0.39, 0.29) is 0 Å². The summed E-state index contributed by atoms with van der Waals surface area (Å²) in [4.78, 5) is 0. The summed E-state index contributed by atoms with van der Waals surface area (Å²) in [6, 6.07) is 7.47. The van der Waals surface area contributed by atoms with Gasteiger partial charge in [0.2, 0.25) is 0 Å². The highest BCUT2D eigenvalue weighted by molar-refractivity contribution is 5.49. The zero-order valence-corrected chi connectivity index (χ0v) is 10.2. The predicted molar refractivity (Wildman–Crippen MR) is 66.7 cm³/mol. The average Bonchev–Trinajstić information content (AvgIpc) is 2.21. The number of rotatable bonds is 3. The van der Waals surface area contributed by atoms with Crippen LogP contribution in [0.25, 0.3) is 0 Å². The van der Waals surface area contributed by atoms with Crippen molar-refractivity contribution in [1.29, 1.82) is 0 Å². The van der Waals surface area contributed by atoms with Crippen molar-refractivity contribution in [1.82, 2.24) is 0 Å². The summed E-state index contributed by atoms with van der Waals surface area (Å²) in [6.07, 6.45) is 1.68. The molecular formula is C13H23NO. The van der Waals surface area contributed by atoms with E-state index in [0.29, 0.717) is 5.69 Å². The van der Waals surface area contributed by atoms with Crippen LogP contribution in [-0.4, -0.2) is 5.11 Å². The van der Waals surface area contributed by atoms with Crippen LogP contribution in [0.2, 0.25) is 0 Å². The molecule has 0 aliphatic rings. The Morgan fingerprint density at radius 1 is 1.27 bits per heavy atom. The quantitative estimate of drug-likeness (QED) is 0.750. The molecule has 1 atom stereocenters. The molecule has 3 N–H and O–H groups in total. The van der Waals surface area contributed by atoms with Gasteiger partial charge in [0.25, 0.3) is 0 Å². The monoisotopic (exact) mass is 209 g/mol. The smallest absolute Gasteiger partial charge is 0.0888 e. The van der Waals surface area contributed by atoms with Gasteiger partial charge in [0, 0.05) is 11.3 Å². The molecule has 1 unspecified atom stereocenters. The molecule has 0 radical (unpaired) electrons. The first-order chi connectivity index (χ1) is 7.08. The maximum Gasteiger partial charge on any atom is 0.0888 e. The molecule has 0 saturated heterocycles. The Morgan fingerprint density at radius 2 is 1.80 bits per heavy atom. The van der Waals surface area contributed by atoms with Crippen LogP contribution in [0.15, 0.2) is 24.3 Å². The third-order valence-electron chi connectivity index (χ3n) is 2.28. The molecule has 1 aromatic carbocycles. The molecular weight excluding hydrogens is 186 g/mol. The van der Waals surface area contributed by atoms with Crippen molar-refractivity contribution in [2.75, 3.05) is 5.73 Å². The molecule has 0 heterocycles. The Balaban J connectivity index is 0.000000921. The Labute approximate surface area is 93.1 Å². The van der Waals surface area contributed by atoms with Crippen molar-refractivity contribution in [2.45, 2.75) is 46.1 Å². The van der Waals surface area contributed by atoms with Gasteiger partial charge in [-0.1, -0.05) is 45.4 Å². The summed E-state index contributed by atoms with van der Waals surface area (Å²) >= 11 is 0. The van der Waals surface area contributed by atoms with E-state index in [0.717, 1.165) is 18.4 Å². The maximum absolute atomic E-state index is 10.1. The molecule has 86 valence electrons. The molecule has 0 saturated carbocycles. The van der Waals surface area contributed by atoms with Crippen LogP contribution >= 0.6 is 0 Å². The summed E-state index contributed by atoms with van der Waals surface area (Å²) < 4.78 is 0. The fourth-order valence-electron chi connectivity index (χ4n) is 1.61. The van der Waals surface area contributed by atoms with E-state index in [9.17, 15) is 5.11 Å². The van der Waals surface area contributed by atoms with Crippen molar-refractivity contribution >= 4 is 5.69 Å². The number of hydrogen-bond donors (Lipinski definition) is 2. The normalized spacial score (nSPS) is 13.7. The van der Waals surface area contributed by atoms with Gasteiger partial charge >= 0.3 is 0 Å². The van der Waals surface area contributed by atoms with E-state index in [2.05, 4.69) is 0 Å². The van der Waals surface area contributed by atoms with E-state index in [1.165, 1.54) is 0 Å². The molecule has 0 bridgehead atoms. The zero-order chi connectivity index (χ0) is 11.9. The molecule has 1 aromatic rings. The Bertz CT molecular complexity index is 282. The first kappa shape index (κ1) is 14.0. The third-order valence-corrected chi connectivity index (χ3v) is 2.28. The minimum absolute atomic E-state index is 0.668. The van der Waals surface area contributed by atoms with E-state index in [4.69, 9.17) is 5.73 Å². The highest BCUT2D eigenvalue weighted by Crippen LogP contribution is 2.29. The molecule has 0 amide bonds. The fourth-order valence-corrected chi connectivity index (χ4v) is 1.61. The predicted octanol–water partition coefficient (Wildman–Crippen LogP) is 3.30. The lowest BCUT2D eigenvalue weighted by Gasteiger charge is -2.24. The molecule has 0 aromatic heterocycles. The molecule has 15 heavy (non-hydrogen) atoms. The van der Waals surface area contributed by atoms with E-state index in [1.54, 1.807) is 0 Å². The van der Waals surface area contributed by atoms with Crippen molar-refractivity contribution in [2.24, 2.45) is 0 Å². The van der Waals surface area contributed by atoms with Gasteiger partial charge < -0.3 is 10.8 Å². The Hall–Kier alpha value is -1.02. The number of anilines is 1. The second-order valence-electron chi connectivity index (χ2n) is 3.61. The Kier molecular flexibility index (Phi) is 6.02. The maximum atomic E-state index is 10.1. The average molecular weight is 209 g/mol. The molecule has 0 aliphatic carbocycles. The number of nitrogen functional groups attached to an aromatic ring is 1. The van der Waals surface area contributed by atoms with Gasteiger partial charge in [-0.2, -0.15) is 0 Å². The number of benzene rings is 1. The van der Waals surface area contributed by atoms with Gasteiger partial charge in [-0.25, -0.2) is 0 Å². The van der Waals surface area contributed by atoms with Gasteiger partial charge in [0.05, 0.1) is 5.60 Å². The minimum Gasteiger partial charge on any atom is -0.398 e. The van der Waals surface area contributed by atoms with Crippen molar-refractivity contribution in [3.05, 3.63) is 29.8 Å². The van der Waals surface area contributed by atoms with Crippen molar-refractivity contribution < 1.29 is 5.11 Å². The van der Waals surface area contributed by atoms with Crippen LogP contribution in [0, 0.1) is 0 Å². The van der Waals surface area contributed by atoms with Gasteiger partial charge in [0.15, 0.2) is 0 Å². The van der Waals surface area contributed by atoms with E-state index in [1.807, 2.05) is 52.0 Å². The van der Waals surface area contributed by atoms with Crippen LogP contribution in [0.1, 0.15) is 46.1 Å². The second-order valence-corrected chi connectivity index (χ2v) is 3.61. The largest absolute Gasteiger partial charge is 0.398 e. The van der Waals surface area contributed by atoms with Gasteiger partial charge in [-0.15, -0.1) is 0 Å². The summed E-state index contributed by atoms with van der Waals surface area (Å²) in [5.41, 5.74) is 6.48. The standard InChI is InChI=1S/C11H17NO.C2H6/c1-3-8-11(2,13)9-6-4-5-7-10(9)12;1-2/h4-7,13H,3,8,12H2,1-2H3;1-2H3. The lowest BCUT2D eigenvalue weighted by Crippen LogP contribution is -2.22.